The number of para-hydroxylation sites is 1. The first kappa shape index (κ1) is 24.8. The van der Waals surface area contributed by atoms with Gasteiger partial charge in [-0.25, -0.2) is 4.39 Å². The minimum absolute atomic E-state index is 0.201. The molecular weight excluding hydrogens is 477 g/mol. The van der Waals surface area contributed by atoms with Crippen molar-refractivity contribution in [3.8, 4) is 22.9 Å². The maximum Gasteiger partial charge on any atom is 0.272 e. The summed E-state index contributed by atoms with van der Waals surface area (Å²) in [6.07, 6.45) is 5.75. The summed E-state index contributed by atoms with van der Waals surface area (Å²) < 4.78 is 26.8. The lowest BCUT2D eigenvalue weighted by Gasteiger charge is -2.22. The van der Waals surface area contributed by atoms with E-state index < -0.39 is 17.3 Å². The average molecular weight is 508 g/mol. The molecule has 3 heterocycles. The summed E-state index contributed by atoms with van der Waals surface area (Å²) >= 11 is 0. The molecule has 2 fully saturated rings. The number of likely N-dealkylation sites (tertiary alicyclic amines) is 1. The molecule has 1 N–H and O–H groups in total. The minimum Gasteiger partial charge on any atom is -0.507 e. The van der Waals surface area contributed by atoms with Gasteiger partial charge in [0, 0.05) is 37.0 Å². The van der Waals surface area contributed by atoms with Gasteiger partial charge in [-0.3, -0.25) is 19.1 Å². The lowest BCUT2D eigenvalue weighted by molar-refractivity contribution is 0.0785. The van der Waals surface area contributed by atoms with Crippen molar-refractivity contribution in [1.82, 2.24) is 14.5 Å². The van der Waals surface area contributed by atoms with Gasteiger partial charge in [-0.05, 0) is 49.4 Å². The Morgan fingerprint density at radius 2 is 1.86 bits per heavy atom. The van der Waals surface area contributed by atoms with Crippen LogP contribution in [0.4, 0.5) is 4.39 Å². The molecule has 0 spiro atoms. The number of carbonyl (C=O) groups is 1. The third kappa shape index (κ3) is 4.77. The molecule has 1 saturated carbocycles. The van der Waals surface area contributed by atoms with Crippen LogP contribution in [0.15, 0.2) is 47.4 Å². The van der Waals surface area contributed by atoms with Gasteiger partial charge in [0.15, 0.2) is 0 Å². The number of ether oxygens (including phenoxy) is 2. The maximum absolute atomic E-state index is 14.3. The monoisotopic (exact) mass is 507 g/mol. The highest BCUT2D eigenvalue weighted by molar-refractivity contribution is 5.97. The number of hydrogen-bond donors (Lipinski definition) is 1. The second kappa shape index (κ2) is 10.2. The fourth-order valence-electron chi connectivity index (χ4n) is 5.11. The van der Waals surface area contributed by atoms with Crippen LogP contribution < -0.4 is 15.0 Å². The summed E-state index contributed by atoms with van der Waals surface area (Å²) in [5, 5.41) is 10.9. The molecule has 5 rings (SSSR count). The van der Waals surface area contributed by atoms with E-state index in [1.807, 2.05) is 0 Å². The molecule has 0 radical (unpaired) electrons. The van der Waals surface area contributed by atoms with Crippen LogP contribution in [0.1, 0.15) is 53.3 Å². The number of benzene rings is 1. The smallest absolute Gasteiger partial charge is 0.272 e. The van der Waals surface area contributed by atoms with Gasteiger partial charge < -0.3 is 19.5 Å². The largest absolute Gasteiger partial charge is 0.507 e. The van der Waals surface area contributed by atoms with Crippen LogP contribution in [0.5, 0.6) is 17.2 Å². The van der Waals surface area contributed by atoms with Crippen molar-refractivity contribution >= 4 is 5.91 Å². The first-order valence-corrected chi connectivity index (χ1v) is 12.5. The number of aromatic nitrogens is 2. The summed E-state index contributed by atoms with van der Waals surface area (Å²) in [4.78, 5) is 33.2. The summed E-state index contributed by atoms with van der Waals surface area (Å²) in [6.45, 7) is 0.521. The van der Waals surface area contributed by atoms with Gasteiger partial charge in [0.25, 0.3) is 11.5 Å². The molecule has 1 unspecified atom stereocenters. The Morgan fingerprint density at radius 3 is 2.51 bits per heavy atom. The number of nitrogens with zero attached hydrogens (tertiary/aromatic N) is 3. The lowest BCUT2D eigenvalue weighted by Crippen LogP contribution is -2.36. The van der Waals surface area contributed by atoms with Crippen LogP contribution in [-0.4, -0.2) is 52.8 Å². The number of amides is 1. The predicted molar refractivity (Wildman–Crippen MR) is 135 cm³/mol. The standard InChI is InChI=1S/C28H30FN3O5/c1-36-22-6-3-7-23(37-2)26(22)32-19(11-10-17-8-9-17)15-21(33)24(28(32)35)27(34)31-14-12-18(16-31)25-20(29)5-4-13-30-25/h3-7,13,15,17-18,33H,8-12,14,16H2,1-2H3. The van der Waals surface area contributed by atoms with Crippen molar-refractivity contribution in [3.05, 3.63) is 75.7 Å². The molecule has 1 aromatic carbocycles. The summed E-state index contributed by atoms with van der Waals surface area (Å²) in [6, 6.07) is 9.55. The van der Waals surface area contributed by atoms with E-state index in [1.165, 1.54) is 48.1 Å². The van der Waals surface area contributed by atoms with Crippen molar-refractivity contribution in [1.29, 1.82) is 0 Å². The van der Waals surface area contributed by atoms with Gasteiger partial charge >= 0.3 is 0 Å². The minimum atomic E-state index is -0.647. The van der Waals surface area contributed by atoms with Gasteiger partial charge in [-0.1, -0.05) is 18.9 Å². The van der Waals surface area contributed by atoms with Crippen molar-refractivity contribution in [3.63, 3.8) is 0 Å². The zero-order valence-corrected chi connectivity index (χ0v) is 20.9. The maximum atomic E-state index is 14.3. The van der Waals surface area contributed by atoms with Crippen LogP contribution in [0, 0.1) is 11.7 Å². The normalized spacial score (nSPS) is 17.2. The fourth-order valence-corrected chi connectivity index (χ4v) is 5.11. The van der Waals surface area contributed by atoms with Gasteiger partial charge in [-0.15, -0.1) is 0 Å². The molecule has 37 heavy (non-hydrogen) atoms. The number of aryl methyl sites for hydroxylation is 1. The molecule has 1 amide bonds. The van der Waals surface area contributed by atoms with Crippen molar-refractivity contribution in [2.45, 2.75) is 38.0 Å². The van der Waals surface area contributed by atoms with Crippen LogP contribution in [0.25, 0.3) is 5.69 Å². The molecule has 2 aliphatic rings. The van der Waals surface area contributed by atoms with E-state index in [-0.39, 0.29) is 23.8 Å². The Kier molecular flexibility index (Phi) is 6.86. The first-order chi connectivity index (χ1) is 17.9. The third-order valence-corrected chi connectivity index (χ3v) is 7.26. The highest BCUT2D eigenvalue weighted by atomic mass is 19.1. The van der Waals surface area contributed by atoms with Gasteiger partial charge in [-0.2, -0.15) is 0 Å². The number of aromatic hydroxyl groups is 1. The third-order valence-electron chi connectivity index (χ3n) is 7.26. The number of methoxy groups -OCH3 is 2. The fraction of sp³-hybridized carbons (Fsp3) is 0.393. The lowest BCUT2D eigenvalue weighted by atomic mass is 10.0. The molecule has 1 aliphatic carbocycles. The van der Waals surface area contributed by atoms with Crippen LogP contribution >= 0.6 is 0 Å². The molecule has 9 heteroatoms. The van der Waals surface area contributed by atoms with Crippen molar-refractivity contribution < 1.29 is 23.8 Å². The molecule has 3 aromatic rings. The first-order valence-electron chi connectivity index (χ1n) is 12.5. The zero-order chi connectivity index (χ0) is 26.1. The van der Waals surface area contributed by atoms with Crippen LogP contribution in [-0.2, 0) is 6.42 Å². The Labute approximate surface area is 214 Å². The number of rotatable bonds is 8. The molecule has 1 atom stereocenters. The molecular formula is C28H30FN3O5. The number of hydrogen-bond acceptors (Lipinski definition) is 6. The highest BCUT2D eigenvalue weighted by Gasteiger charge is 2.34. The van der Waals surface area contributed by atoms with E-state index in [0.717, 1.165) is 19.3 Å². The molecule has 1 saturated heterocycles. The number of halogens is 1. The van der Waals surface area contributed by atoms with E-state index in [9.17, 15) is 19.1 Å². The van der Waals surface area contributed by atoms with Crippen LogP contribution in [0.2, 0.25) is 0 Å². The second-order valence-corrected chi connectivity index (χ2v) is 9.64. The van der Waals surface area contributed by atoms with Crippen LogP contribution in [0.3, 0.4) is 0 Å². The van der Waals surface area contributed by atoms with E-state index in [1.54, 1.807) is 18.2 Å². The molecule has 0 bridgehead atoms. The number of carbonyl (C=O) groups excluding carboxylic acids is 1. The van der Waals surface area contributed by atoms with Crippen molar-refractivity contribution in [2.24, 2.45) is 5.92 Å². The molecule has 194 valence electrons. The van der Waals surface area contributed by atoms with Gasteiger partial charge in [0.2, 0.25) is 0 Å². The second-order valence-electron chi connectivity index (χ2n) is 9.64. The Bertz CT molecular complexity index is 1360. The average Bonchev–Trinajstić information content (AvgIpc) is 3.60. The molecule has 8 nitrogen and oxygen atoms in total. The molecule has 2 aromatic heterocycles. The number of pyridine rings is 2. The molecule has 1 aliphatic heterocycles. The zero-order valence-electron chi connectivity index (χ0n) is 20.9. The van der Waals surface area contributed by atoms with E-state index in [4.69, 9.17) is 9.47 Å². The summed E-state index contributed by atoms with van der Waals surface area (Å²) in [5.74, 6) is -0.261. The van der Waals surface area contributed by atoms with E-state index >= 15 is 0 Å². The topological polar surface area (TPSA) is 93.9 Å². The van der Waals surface area contributed by atoms with E-state index in [0.29, 0.717) is 53.9 Å². The Hall–Kier alpha value is -3.88. The Morgan fingerprint density at radius 1 is 1.14 bits per heavy atom. The van der Waals surface area contributed by atoms with Gasteiger partial charge in [0.1, 0.15) is 34.3 Å². The van der Waals surface area contributed by atoms with Crippen molar-refractivity contribution in [2.75, 3.05) is 27.3 Å². The predicted octanol–water partition coefficient (Wildman–Crippen LogP) is 4.07. The summed E-state index contributed by atoms with van der Waals surface area (Å²) in [7, 11) is 3.00. The SMILES string of the molecule is COc1cccc(OC)c1-n1c(CCC2CC2)cc(O)c(C(=O)N2CCC(c3ncccc3F)C2)c1=O. The summed E-state index contributed by atoms with van der Waals surface area (Å²) in [5.41, 5.74) is 0.278. The Balaban J connectivity index is 1.57. The van der Waals surface area contributed by atoms with Gasteiger partial charge in [0.05, 0.1) is 19.9 Å². The van der Waals surface area contributed by atoms with E-state index in [2.05, 4.69) is 4.98 Å². The highest BCUT2D eigenvalue weighted by Crippen LogP contribution is 2.37. The quantitative estimate of drug-likeness (QED) is 0.494.